The molecule has 2 aromatic heterocycles. The van der Waals surface area contributed by atoms with Crippen LogP contribution in [0.4, 0.5) is 0 Å². The van der Waals surface area contributed by atoms with Gasteiger partial charge in [0.1, 0.15) is 11.2 Å². The van der Waals surface area contributed by atoms with E-state index in [0.29, 0.717) is 17.5 Å². The highest BCUT2D eigenvalue weighted by Gasteiger charge is 2.17. The van der Waals surface area contributed by atoms with Crippen LogP contribution in [0.5, 0.6) is 0 Å². The molecule has 0 radical (unpaired) electrons. The number of aromatic nitrogens is 3. The number of benzene rings is 9. The first-order valence-electron chi connectivity index (χ1n) is 18.5. The number of hydrogen-bond acceptors (Lipinski definition) is 4. The SMILES string of the molecule is c1ccc(-c2nc(-c3ccc(-c4cc5ccccc5c5ccc6ccccc6c45)cc3)nc(-c3cccc(-c4cccc5oc6ccccc6c45)c3)n2)cc1. The predicted molar refractivity (Wildman–Crippen MR) is 227 cm³/mol. The van der Waals surface area contributed by atoms with Crippen LogP contribution in [-0.2, 0) is 0 Å². The van der Waals surface area contributed by atoms with Gasteiger partial charge < -0.3 is 4.42 Å². The molecule has 0 atom stereocenters. The monoisotopic (exact) mass is 701 g/mol. The second kappa shape index (κ2) is 12.6. The van der Waals surface area contributed by atoms with Gasteiger partial charge in [0.25, 0.3) is 0 Å². The fourth-order valence-electron chi connectivity index (χ4n) is 8.10. The molecule has 11 rings (SSSR count). The molecule has 4 nitrogen and oxygen atoms in total. The van der Waals surface area contributed by atoms with E-state index in [0.717, 1.165) is 55.3 Å². The first-order valence-corrected chi connectivity index (χ1v) is 18.5. The maximum Gasteiger partial charge on any atom is 0.164 e. The number of furan rings is 1. The topological polar surface area (TPSA) is 51.8 Å². The van der Waals surface area contributed by atoms with E-state index in [1.165, 1.54) is 37.9 Å². The minimum Gasteiger partial charge on any atom is -0.456 e. The lowest BCUT2D eigenvalue weighted by Crippen LogP contribution is -2.00. The second-order valence-electron chi connectivity index (χ2n) is 14.0. The van der Waals surface area contributed by atoms with Gasteiger partial charge in [-0.1, -0.05) is 164 Å². The Morgan fingerprint density at radius 2 is 0.873 bits per heavy atom. The molecule has 55 heavy (non-hydrogen) atoms. The predicted octanol–water partition coefficient (Wildman–Crippen LogP) is 13.6. The van der Waals surface area contributed by atoms with E-state index in [1.807, 2.05) is 54.6 Å². The Bertz CT molecular complexity index is 3260. The smallest absolute Gasteiger partial charge is 0.164 e. The molecule has 0 fully saturated rings. The minimum absolute atomic E-state index is 0.617. The van der Waals surface area contributed by atoms with Crippen molar-refractivity contribution in [3.05, 3.63) is 188 Å². The van der Waals surface area contributed by atoms with Crippen LogP contribution in [0, 0.1) is 0 Å². The van der Waals surface area contributed by atoms with Gasteiger partial charge in [0.2, 0.25) is 0 Å². The Morgan fingerprint density at radius 3 is 1.69 bits per heavy atom. The van der Waals surface area contributed by atoms with E-state index in [-0.39, 0.29) is 0 Å². The standard InChI is InChI=1S/C51H31N3O/c1-2-13-34(14-3-1)49-52-50(54-51(53-49)38-17-10-16-36(30-38)41-21-11-23-46-48(41)43-20-8-9-22-45(43)55-46)35-26-24-33(25-27-35)44-31-37-15-5-6-18-39(37)42-29-28-32-12-4-7-19-40(32)47(42)44/h1-31H. The van der Waals surface area contributed by atoms with Crippen LogP contribution in [0.1, 0.15) is 0 Å². The Morgan fingerprint density at radius 1 is 0.291 bits per heavy atom. The van der Waals surface area contributed by atoms with Crippen LogP contribution in [0.15, 0.2) is 192 Å². The first-order chi connectivity index (χ1) is 27.2. The van der Waals surface area contributed by atoms with Gasteiger partial charge in [-0.15, -0.1) is 0 Å². The third-order valence-electron chi connectivity index (χ3n) is 10.7. The third kappa shape index (κ3) is 5.26. The Balaban J connectivity index is 1.05. The lowest BCUT2D eigenvalue weighted by molar-refractivity contribution is 0.669. The molecular formula is C51H31N3O. The molecule has 0 spiro atoms. The van der Waals surface area contributed by atoms with E-state index in [2.05, 4.69) is 133 Å². The minimum atomic E-state index is 0.617. The molecule has 0 saturated heterocycles. The van der Waals surface area contributed by atoms with Gasteiger partial charge >= 0.3 is 0 Å². The summed E-state index contributed by atoms with van der Waals surface area (Å²) in [6, 6.07) is 65.8. The quantitative estimate of drug-likeness (QED) is 0.168. The maximum atomic E-state index is 6.22. The van der Waals surface area contributed by atoms with Crippen molar-refractivity contribution in [1.29, 1.82) is 0 Å². The van der Waals surface area contributed by atoms with Crippen molar-refractivity contribution in [1.82, 2.24) is 15.0 Å². The van der Waals surface area contributed by atoms with Gasteiger partial charge in [0.15, 0.2) is 17.5 Å². The highest BCUT2D eigenvalue weighted by atomic mass is 16.3. The summed E-state index contributed by atoms with van der Waals surface area (Å²) in [5.74, 6) is 1.87. The molecule has 0 aliphatic heterocycles. The van der Waals surface area contributed by atoms with Gasteiger partial charge in [-0.25, -0.2) is 15.0 Å². The van der Waals surface area contributed by atoms with E-state index in [1.54, 1.807) is 0 Å². The summed E-state index contributed by atoms with van der Waals surface area (Å²) < 4.78 is 6.22. The lowest BCUT2D eigenvalue weighted by atomic mass is 9.90. The van der Waals surface area contributed by atoms with Crippen molar-refractivity contribution in [2.45, 2.75) is 0 Å². The second-order valence-corrected chi connectivity index (χ2v) is 14.0. The van der Waals surface area contributed by atoms with Gasteiger partial charge in [-0.2, -0.15) is 0 Å². The van der Waals surface area contributed by atoms with Crippen molar-refractivity contribution in [2.24, 2.45) is 0 Å². The van der Waals surface area contributed by atoms with Crippen molar-refractivity contribution in [2.75, 3.05) is 0 Å². The highest BCUT2D eigenvalue weighted by molar-refractivity contribution is 6.23. The van der Waals surface area contributed by atoms with Crippen LogP contribution >= 0.6 is 0 Å². The first kappa shape index (κ1) is 31.1. The van der Waals surface area contributed by atoms with Crippen molar-refractivity contribution in [3.63, 3.8) is 0 Å². The van der Waals surface area contributed by atoms with E-state index < -0.39 is 0 Å². The van der Waals surface area contributed by atoms with Crippen LogP contribution in [0.2, 0.25) is 0 Å². The molecule has 2 heterocycles. The molecule has 0 amide bonds. The van der Waals surface area contributed by atoms with Crippen molar-refractivity contribution < 1.29 is 4.42 Å². The average molecular weight is 702 g/mol. The van der Waals surface area contributed by atoms with Crippen molar-refractivity contribution >= 4 is 54.3 Å². The van der Waals surface area contributed by atoms with Crippen LogP contribution in [0.25, 0.3) is 111 Å². The number of fused-ring (bicyclic) bond motifs is 8. The summed E-state index contributed by atoms with van der Waals surface area (Å²) in [6.07, 6.45) is 0. The Hall–Kier alpha value is -7.43. The van der Waals surface area contributed by atoms with E-state index >= 15 is 0 Å². The average Bonchev–Trinajstić information content (AvgIpc) is 3.65. The maximum absolute atomic E-state index is 6.22. The zero-order chi connectivity index (χ0) is 36.3. The molecule has 11 aromatic rings. The molecule has 0 bridgehead atoms. The largest absolute Gasteiger partial charge is 0.456 e. The summed E-state index contributed by atoms with van der Waals surface area (Å²) in [4.78, 5) is 15.2. The van der Waals surface area contributed by atoms with E-state index in [4.69, 9.17) is 19.4 Å². The van der Waals surface area contributed by atoms with E-state index in [9.17, 15) is 0 Å². The Labute approximate surface area is 317 Å². The lowest BCUT2D eigenvalue weighted by Gasteiger charge is -2.14. The number of nitrogens with zero attached hydrogens (tertiary/aromatic N) is 3. The van der Waals surface area contributed by atoms with Gasteiger partial charge in [0, 0.05) is 27.5 Å². The van der Waals surface area contributed by atoms with Crippen molar-refractivity contribution in [3.8, 4) is 56.4 Å². The fraction of sp³-hybridized carbons (Fsp3) is 0. The molecule has 0 saturated carbocycles. The molecule has 0 aliphatic carbocycles. The summed E-state index contributed by atoms with van der Waals surface area (Å²) in [5.41, 5.74) is 9.03. The molecule has 256 valence electrons. The van der Waals surface area contributed by atoms with Gasteiger partial charge in [0.05, 0.1) is 0 Å². The van der Waals surface area contributed by atoms with Crippen LogP contribution in [0.3, 0.4) is 0 Å². The molecule has 0 aliphatic rings. The summed E-state index contributed by atoms with van der Waals surface area (Å²) in [6.45, 7) is 0. The number of para-hydroxylation sites is 1. The molecule has 4 heteroatoms. The summed E-state index contributed by atoms with van der Waals surface area (Å²) in [5, 5.41) is 9.67. The number of hydrogen-bond donors (Lipinski definition) is 0. The molecule has 0 unspecified atom stereocenters. The van der Waals surface area contributed by atoms with Crippen LogP contribution < -0.4 is 0 Å². The zero-order valence-corrected chi connectivity index (χ0v) is 29.6. The molecule has 0 N–H and O–H groups in total. The summed E-state index contributed by atoms with van der Waals surface area (Å²) >= 11 is 0. The molecular weight excluding hydrogens is 671 g/mol. The summed E-state index contributed by atoms with van der Waals surface area (Å²) in [7, 11) is 0. The highest BCUT2D eigenvalue weighted by Crippen LogP contribution is 2.41. The number of rotatable bonds is 5. The van der Waals surface area contributed by atoms with Gasteiger partial charge in [-0.05, 0) is 78.8 Å². The van der Waals surface area contributed by atoms with Gasteiger partial charge in [-0.3, -0.25) is 0 Å². The Kier molecular flexibility index (Phi) is 7.14. The fourth-order valence-corrected chi connectivity index (χ4v) is 8.10. The van der Waals surface area contributed by atoms with Crippen LogP contribution in [-0.4, -0.2) is 15.0 Å². The zero-order valence-electron chi connectivity index (χ0n) is 29.6. The molecule has 9 aromatic carbocycles. The third-order valence-corrected chi connectivity index (χ3v) is 10.7. The normalized spacial score (nSPS) is 11.6.